The lowest BCUT2D eigenvalue weighted by molar-refractivity contribution is -0.384. The van der Waals surface area contributed by atoms with Crippen molar-refractivity contribution < 1.29 is 18.4 Å². The Bertz CT molecular complexity index is 664. The molecule has 7 heteroatoms. The first-order valence-corrected chi connectivity index (χ1v) is 5.86. The van der Waals surface area contributed by atoms with Crippen LogP contribution in [0.25, 0.3) is 0 Å². The van der Waals surface area contributed by atoms with Gasteiger partial charge in [0.25, 0.3) is 5.69 Å². The molecule has 0 bridgehead atoms. The van der Waals surface area contributed by atoms with Gasteiger partial charge in [0.2, 0.25) is 0 Å². The summed E-state index contributed by atoms with van der Waals surface area (Å²) in [4.78, 5) is 10.0. The zero-order valence-corrected chi connectivity index (χ0v) is 10.7. The number of nitro groups is 1. The molecule has 2 rings (SSSR count). The maximum absolute atomic E-state index is 13.4. The largest absolute Gasteiger partial charge is 0.487 e. The van der Waals surface area contributed by atoms with Gasteiger partial charge in [-0.25, -0.2) is 8.78 Å². The number of ether oxygens (including phenoxy) is 1. The summed E-state index contributed by atoms with van der Waals surface area (Å²) in [5.41, 5.74) is -0.0713. The summed E-state index contributed by atoms with van der Waals surface area (Å²) < 4.78 is 31.4. The maximum atomic E-state index is 13.4. The first kappa shape index (κ1) is 14.2. The van der Waals surface area contributed by atoms with Gasteiger partial charge in [0.1, 0.15) is 24.0 Å². The van der Waals surface area contributed by atoms with Gasteiger partial charge >= 0.3 is 0 Å². The molecule has 0 amide bonds. The Morgan fingerprint density at radius 2 is 1.95 bits per heavy atom. The van der Waals surface area contributed by atoms with E-state index >= 15 is 0 Å². The lowest BCUT2D eigenvalue weighted by Gasteiger charge is -2.08. The summed E-state index contributed by atoms with van der Waals surface area (Å²) >= 11 is 5.83. The number of nitro benzene ring substituents is 1. The molecule has 2 aromatic carbocycles. The summed E-state index contributed by atoms with van der Waals surface area (Å²) in [5.74, 6) is -1.39. The average molecular weight is 300 g/mol. The second-order valence-corrected chi connectivity index (χ2v) is 4.30. The summed E-state index contributed by atoms with van der Waals surface area (Å²) in [6, 6.07) is 6.74. The van der Waals surface area contributed by atoms with E-state index in [1.54, 1.807) is 0 Å². The number of non-ortho nitro benzene ring substituents is 1. The third-order valence-corrected chi connectivity index (χ3v) is 2.84. The Balaban J connectivity index is 2.18. The zero-order valence-electron chi connectivity index (χ0n) is 9.98. The highest BCUT2D eigenvalue weighted by Gasteiger charge is 2.12. The molecule has 104 valence electrons. The van der Waals surface area contributed by atoms with Gasteiger partial charge < -0.3 is 4.74 Å². The fourth-order valence-electron chi connectivity index (χ4n) is 1.51. The van der Waals surface area contributed by atoms with E-state index in [9.17, 15) is 18.9 Å². The van der Waals surface area contributed by atoms with Crippen molar-refractivity contribution in [1.82, 2.24) is 0 Å². The first-order chi connectivity index (χ1) is 9.47. The molecule has 4 nitrogen and oxygen atoms in total. The lowest BCUT2D eigenvalue weighted by Crippen LogP contribution is -2.00. The number of rotatable bonds is 4. The van der Waals surface area contributed by atoms with E-state index in [-0.39, 0.29) is 28.6 Å². The minimum atomic E-state index is -0.758. The second-order valence-electron chi connectivity index (χ2n) is 3.90. The van der Waals surface area contributed by atoms with E-state index in [4.69, 9.17) is 16.3 Å². The molecule has 0 atom stereocenters. The molecule has 0 spiro atoms. The summed E-state index contributed by atoms with van der Waals surface area (Å²) in [5, 5.41) is 10.8. The van der Waals surface area contributed by atoms with Crippen LogP contribution in [-0.2, 0) is 6.61 Å². The first-order valence-electron chi connectivity index (χ1n) is 5.48. The monoisotopic (exact) mass is 299 g/mol. The van der Waals surface area contributed by atoms with Crippen LogP contribution in [0, 0.1) is 21.7 Å². The van der Waals surface area contributed by atoms with Crippen LogP contribution in [0.2, 0.25) is 5.02 Å². The Morgan fingerprint density at radius 3 is 2.60 bits per heavy atom. The molecule has 2 aromatic rings. The SMILES string of the molecule is O=[N+]([O-])c1ccc(Cl)c(OCc2ccc(F)cc2F)c1. The number of halogens is 3. The number of nitrogens with zero attached hydrogens (tertiary/aromatic N) is 1. The molecule has 0 aromatic heterocycles. The lowest BCUT2D eigenvalue weighted by atomic mass is 10.2. The molecule has 0 radical (unpaired) electrons. The van der Waals surface area contributed by atoms with Crippen LogP contribution >= 0.6 is 11.6 Å². The van der Waals surface area contributed by atoms with E-state index in [0.29, 0.717) is 0 Å². The van der Waals surface area contributed by atoms with Crippen LogP contribution in [0.1, 0.15) is 5.56 Å². The van der Waals surface area contributed by atoms with Gasteiger partial charge in [0, 0.05) is 17.7 Å². The van der Waals surface area contributed by atoms with Crippen molar-refractivity contribution in [3.8, 4) is 5.75 Å². The average Bonchev–Trinajstić information content (AvgIpc) is 2.39. The molecule has 0 aliphatic carbocycles. The Kier molecular flexibility index (Phi) is 4.14. The van der Waals surface area contributed by atoms with Gasteiger partial charge in [-0.05, 0) is 18.2 Å². The third-order valence-electron chi connectivity index (χ3n) is 2.52. The van der Waals surface area contributed by atoms with Crippen LogP contribution in [0.15, 0.2) is 36.4 Å². The summed E-state index contributed by atoms with van der Waals surface area (Å²) in [7, 11) is 0. The molecule has 0 fully saturated rings. The Hall–Kier alpha value is -2.21. The highest BCUT2D eigenvalue weighted by molar-refractivity contribution is 6.32. The molecule has 0 N–H and O–H groups in total. The minimum absolute atomic E-state index is 0.0598. The molecule has 0 aliphatic heterocycles. The summed E-state index contributed by atoms with van der Waals surface area (Å²) in [6.07, 6.45) is 0. The topological polar surface area (TPSA) is 52.4 Å². The van der Waals surface area contributed by atoms with Gasteiger partial charge in [-0.1, -0.05) is 11.6 Å². The van der Waals surface area contributed by atoms with E-state index in [1.165, 1.54) is 18.2 Å². The van der Waals surface area contributed by atoms with Crippen LogP contribution in [0.4, 0.5) is 14.5 Å². The highest BCUT2D eigenvalue weighted by atomic mass is 35.5. The van der Waals surface area contributed by atoms with Crippen LogP contribution in [0.3, 0.4) is 0 Å². The van der Waals surface area contributed by atoms with Gasteiger partial charge in [-0.3, -0.25) is 10.1 Å². The smallest absolute Gasteiger partial charge is 0.273 e. The van der Waals surface area contributed by atoms with Crippen molar-refractivity contribution in [2.75, 3.05) is 0 Å². The zero-order chi connectivity index (χ0) is 14.7. The van der Waals surface area contributed by atoms with Crippen LogP contribution in [-0.4, -0.2) is 4.92 Å². The highest BCUT2D eigenvalue weighted by Crippen LogP contribution is 2.29. The number of hydrogen-bond donors (Lipinski definition) is 0. The van der Waals surface area contributed by atoms with E-state index < -0.39 is 16.6 Å². The predicted molar refractivity (Wildman–Crippen MR) is 68.8 cm³/mol. The number of hydrogen-bond acceptors (Lipinski definition) is 3. The molecular weight excluding hydrogens is 292 g/mol. The van der Waals surface area contributed by atoms with Gasteiger partial charge in [-0.15, -0.1) is 0 Å². The Labute approximate surface area is 117 Å². The fourth-order valence-corrected chi connectivity index (χ4v) is 1.68. The normalized spacial score (nSPS) is 10.3. The van der Waals surface area contributed by atoms with Crippen molar-refractivity contribution in [2.24, 2.45) is 0 Å². The number of benzene rings is 2. The van der Waals surface area contributed by atoms with Crippen LogP contribution in [0.5, 0.6) is 5.75 Å². The maximum Gasteiger partial charge on any atom is 0.273 e. The molecule has 20 heavy (non-hydrogen) atoms. The van der Waals surface area contributed by atoms with Gasteiger partial charge in [-0.2, -0.15) is 0 Å². The fraction of sp³-hybridized carbons (Fsp3) is 0.0769. The third kappa shape index (κ3) is 3.21. The quantitative estimate of drug-likeness (QED) is 0.630. The molecule has 0 unspecified atom stereocenters. The minimum Gasteiger partial charge on any atom is -0.487 e. The molecular formula is C13H8ClF2NO3. The van der Waals surface area contributed by atoms with Crippen molar-refractivity contribution >= 4 is 17.3 Å². The van der Waals surface area contributed by atoms with Crippen molar-refractivity contribution in [1.29, 1.82) is 0 Å². The second kappa shape index (κ2) is 5.83. The predicted octanol–water partition coefficient (Wildman–Crippen LogP) is 4.11. The summed E-state index contributed by atoms with van der Waals surface area (Å²) in [6.45, 7) is -0.215. The van der Waals surface area contributed by atoms with Crippen molar-refractivity contribution in [2.45, 2.75) is 6.61 Å². The standard InChI is InChI=1S/C13H8ClF2NO3/c14-11-4-3-10(17(18)19)6-13(11)20-7-8-1-2-9(15)5-12(8)16/h1-6H,7H2. The molecule has 0 aliphatic rings. The van der Waals surface area contributed by atoms with E-state index in [2.05, 4.69) is 0 Å². The Morgan fingerprint density at radius 1 is 1.20 bits per heavy atom. The van der Waals surface area contributed by atoms with Crippen LogP contribution < -0.4 is 4.74 Å². The molecule has 0 saturated carbocycles. The van der Waals surface area contributed by atoms with Crippen molar-refractivity contribution in [3.63, 3.8) is 0 Å². The van der Waals surface area contributed by atoms with Gasteiger partial charge in [0.05, 0.1) is 16.0 Å². The molecule has 0 heterocycles. The van der Waals surface area contributed by atoms with E-state index in [1.807, 2.05) is 0 Å². The van der Waals surface area contributed by atoms with Gasteiger partial charge in [0.15, 0.2) is 0 Å². The van der Waals surface area contributed by atoms with E-state index in [0.717, 1.165) is 18.2 Å². The molecule has 0 saturated heterocycles. The van der Waals surface area contributed by atoms with Crippen molar-refractivity contribution in [3.05, 3.63) is 68.7 Å².